The van der Waals surface area contributed by atoms with E-state index in [9.17, 15) is 0 Å². The number of nitrogens with zero attached hydrogens (tertiary/aromatic N) is 4. The van der Waals surface area contributed by atoms with Gasteiger partial charge in [-0.1, -0.05) is 36.8 Å². The van der Waals surface area contributed by atoms with Crippen LogP contribution in [0.1, 0.15) is 44.1 Å². The minimum atomic E-state index is 0.639. The molecule has 4 rings (SSSR count). The monoisotopic (exact) mass is 397 g/mol. The summed E-state index contributed by atoms with van der Waals surface area (Å²) in [6, 6.07) is 10.9. The van der Waals surface area contributed by atoms with Crippen molar-refractivity contribution >= 4 is 5.96 Å². The molecule has 2 aliphatic heterocycles. The predicted octanol–water partition coefficient (Wildman–Crippen LogP) is 3.04. The van der Waals surface area contributed by atoms with Gasteiger partial charge in [0.25, 0.3) is 0 Å². The van der Waals surface area contributed by atoms with Crippen LogP contribution in [0.3, 0.4) is 0 Å². The van der Waals surface area contributed by atoms with E-state index < -0.39 is 0 Å². The number of piperazine rings is 1. The molecule has 1 spiro atoms. The fourth-order valence-corrected chi connectivity index (χ4v) is 5.21. The Morgan fingerprint density at radius 2 is 1.72 bits per heavy atom. The van der Waals surface area contributed by atoms with Crippen LogP contribution in [-0.4, -0.2) is 80.1 Å². The van der Waals surface area contributed by atoms with Gasteiger partial charge >= 0.3 is 0 Å². The zero-order valence-corrected chi connectivity index (χ0v) is 18.3. The Kier molecular flexibility index (Phi) is 7.09. The first-order valence-electron chi connectivity index (χ1n) is 11.7. The highest BCUT2D eigenvalue weighted by Crippen LogP contribution is 2.47. The predicted molar refractivity (Wildman–Crippen MR) is 121 cm³/mol. The van der Waals surface area contributed by atoms with Crippen LogP contribution in [0.2, 0.25) is 0 Å². The first-order valence-corrected chi connectivity index (χ1v) is 11.7. The maximum absolute atomic E-state index is 4.54. The molecule has 29 heavy (non-hydrogen) atoms. The lowest BCUT2D eigenvalue weighted by molar-refractivity contribution is 0.126. The second-order valence-electron chi connectivity index (χ2n) is 9.31. The number of likely N-dealkylation sites (tertiary alicyclic amines) is 1. The molecule has 1 N–H and O–H groups in total. The van der Waals surface area contributed by atoms with Crippen molar-refractivity contribution in [2.75, 3.05) is 59.4 Å². The van der Waals surface area contributed by atoms with Crippen molar-refractivity contribution < 1.29 is 0 Å². The normalized spacial score (nSPS) is 22.8. The zero-order chi connectivity index (χ0) is 19.9. The minimum Gasteiger partial charge on any atom is -0.356 e. The molecule has 1 aliphatic carbocycles. The molecule has 0 unspecified atom stereocenters. The summed E-state index contributed by atoms with van der Waals surface area (Å²) >= 11 is 0. The SMILES string of the molecule is CN=C(NCCCCN1CCN(Cc2ccccc2)CC1)N1CCC2(CCC2)C1. The van der Waals surface area contributed by atoms with E-state index in [1.807, 2.05) is 7.05 Å². The number of rotatable bonds is 7. The Hall–Kier alpha value is -1.59. The van der Waals surface area contributed by atoms with Gasteiger partial charge in [0.2, 0.25) is 0 Å². The lowest BCUT2D eigenvalue weighted by Crippen LogP contribution is -2.46. The lowest BCUT2D eigenvalue weighted by Gasteiger charge is -2.38. The number of hydrogen-bond acceptors (Lipinski definition) is 3. The maximum Gasteiger partial charge on any atom is 0.193 e. The summed E-state index contributed by atoms with van der Waals surface area (Å²) in [5.41, 5.74) is 2.07. The van der Waals surface area contributed by atoms with E-state index in [-0.39, 0.29) is 0 Å². The molecule has 0 radical (unpaired) electrons. The highest BCUT2D eigenvalue weighted by Gasteiger charge is 2.43. The fraction of sp³-hybridized carbons (Fsp3) is 0.708. The molecule has 0 aromatic heterocycles. The molecule has 0 atom stereocenters. The summed E-state index contributed by atoms with van der Waals surface area (Å²) in [6.07, 6.45) is 8.15. The van der Waals surface area contributed by atoms with Crippen molar-refractivity contribution in [2.24, 2.45) is 10.4 Å². The standard InChI is InChI=1S/C24H39N5/c1-25-23(29-15-12-24(21-29)10-7-11-24)26-13-5-6-14-27-16-18-28(19-17-27)20-22-8-3-2-4-9-22/h2-4,8-9H,5-7,10-21H2,1H3,(H,25,26). The third kappa shape index (κ3) is 5.52. The number of unbranched alkanes of at least 4 members (excludes halogenated alkanes) is 1. The van der Waals surface area contributed by atoms with Crippen LogP contribution >= 0.6 is 0 Å². The van der Waals surface area contributed by atoms with Crippen LogP contribution in [-0.2, 0) is 6.54 Å². The molecule has 5 heteroatoms. The van der Waals surface area contributed by atoms with Gasteiger partial charge in [-0.15, -0.1) is 0 Å². The third-order valence-corrected chi connectivity index (χ3v) is 7.26. The van der Waals surface area contributed by atoms with Crippen LogP contribution < -0.4 is 5.32 Å². The van der Waals surface area contributed by atoms with E-state index in [2.05, 4.69) is 55.3 Å². The topological polar surface area (TPSA) is 34.1 Å². The number of nitrogens with one attached hydrogen (secondary N) is 1. The zero-order valence-electron chi connectivity index (χ0n) is 18.3. The molecule has 2 saturated heterocycles. The number of benzene rings is 1. The van der Waals surface area contributed by atoms with Crippen molar-refractivity contribution in [1.29, 1.82) is 0 Å². The van der Waals surface area contributed by atoms with E-state index in [1.165, 1.54) is 89.9 Å². The summed E-state index contributed by atoms with van der Waals surface area (Å²) in [5, 5.41) is 3.62. The quantitative estimate of drug-likeness (QED) is 0.436. The van der Waals surface area contributed by atoms with Crippen LogP contribution in [0.4, 0.5) is 0 Å². The van der Waals surface area contributed by atoms with Crippen molar-refractivity contribution in [1.82, 2.24) is 20.0 Å². The van der Waals surface area contributed by atoms with Gasteiger partial charge in [-0.05, 0) is 49.6 Å². The van der Waals surface area contributed by atoms with Gasteiger partial charge in [0.1, 0.15) is 0 Å². The molecule has 5 nitrogen and oxygen atoms in total. The Bertz CT molecular complexity index is 646. The molecule has 1 aromatic carbocycles. The largest absolute Gasteiger partial charge is 0.356 e. The lowest BCUT2D eigenvalue weighted by atomic mass is 9.68. The molecule has 0 amide bonds. The molecule has 3 aliphatic rings. The van der Waals surface area contributed by atoms with E-state index in [1.54, 1.807) is 0 Å². The Labute approximate surface area is 177 Å². The molecular formula is C24H39N5. The van der Waals surface area contributed by atoms with Gasteiger partial charge in [0.15, 0.2) is 5.96 Å². The van der Waals surface area contributed by atoms with Gasteiger partial charge in [0.05, 0.1) is 0 Å². The van der Waals surface area contributed by atoms with Crippen LogP contribution in [0.5, 0.6) is 0 Å². The Morgan fingerprint density at radius 3 is 2.38 bits per heavy atom. The Balaban J connectivity index is 1.07. The van der Waals surface area contributed by atoms with Gasteiger partial charge in [-0.2, -0.15) is 0 Å². The highest BCUT2D eigenvalue weighted by molar-refractivity contribution is 5.80. The van der Waals surface area contributed by atoms with Crippen LogP contribution in [0, 0.1) is 5.41 Å². The minimum absolute atomic E-state index is 0.639. The van der Waals surface area contributed by atoms with Crippen LogP contribution in [0.25, 0.3) is 0 Å². The smallest absolute Gasteiger partial charge is 0.193 e. The van der Waals surface area contributed by atoms with Crippen LogP contribution in [0.15, 0.2) is 35.3 Å². The van der Waals surface area contributed by atoms with Gasteiger partial charge in [-0.3, -0.25) is 9.89 Å². The molecular weight excluding hydrogens is 358 g/mol. The van der Waals surface area contributed by atoms with E-state index in [0.717, 1.165) is 19.0 Å². The van der Waals surface area contributed by atoms with E-state index in [4.69, 9.17) is 0 Å². The second kappa shape index (κ2) is 9.94. The molecule has 1 saturated carbocycles. The summed E-state index contributed by atoms with van der Waals surface area (Å²) in [4.78, 5) is 12.3. The van der Waals surface area contributed by atoms with Gasteiger partial charge in [-0.25, -0.2) is 0 Å². The fourth-order valence-electron chi connectivity index (χ4n) is 5.21. The number of guanidine groups is 1. The maximum atomic E-state index is 4.54. The average molecular weight is 398 g/mol. The Morgan fingerprint density at radius 1 is 0.966 bits per heavy atom. The number of hydrogen-bond donors (Lipinski definition) is 1. The average Bonchev–Trinajstić information content (AvgIpc) is 3.19. The first-order chi connectivity index (χ1) is 14.3. The summed E-state index contributed by atoms with van der Waals surface area (Å²) in [6.45, 7) is 10.6. The van der Waals surface area contributed by atoms with Gasteiger partial charge in [0, 0.05) is 59.4 Å². The first kappa shape index (κ1) is 20.7. The van der Waals surface area contributed by atoms with E-state index in [0.29, 0.717) is 5.41 Å². The third-order valence-electron chi connectivity index (χ3n) is 7.26. The molecule has 160 valence electrons. The van der Waals surface area contributed by atoms with Crippen molar-refractivity contribution in [3.8, 4) is 0 Å². The number of aliphatic imine (C=N–C) groups is 1. The molecule has 3 fully saturated rings. The second-order valence-corrected chi connectivity index (χ2v) is 9.31. The van der Waals surface area contributed by atoms with E-state index >= 15 is 0 Å². The van der Waals surface area contributed by atoms with Gasteiger partial charge < -0.3 is 15.1 Å². The molecule has 2 heterocycles. The van der Waals surface area contributed by atoms with Crippen molar-refractivity contribution in [3.63, 3.8) is 0 Å². The van der Waals surface area contributed by atoms with Crippen molar-refractivity contribution in [3.05, 3.63) is 35.9 Å². The summed E-state index contributed by atoms with van der Waals surface area (Å²) in [7, 11) is 1.93. The summed E-state index contributed by atoms with van der Waals surface area (Å²) < 4.78 is 0. The molecule has 0 bridgehead atoms. The summed E-state index contributed by atoms with van der Waals surface area (Å²) in [5.74, 6) is 1.13. The molecule has 1 aromatic rings. The highest BCUT2D eigenvalue weighted by atomic mass is 15.3. The van der Waals surface area contributed by atoms with Crippen molar-refractivity contribution in [2.45, 2.75) is 45.1 Å².